The molecule has 4 aromatic rings. The zero-order valence-electron chi connectivity index (χ0n) is 16.6. The number of carbonyl (C=O) groups is 1. The molecular formula is C19H18Cl2N8O2. The molecule has 1 aliphatic carbocycles. The fraction of sp³-hybridized carbons (Fsp3) is 0.316. The normalized spacial score (nSPS) is 14.8. The van der Waals surface area contributed by atoms with Crippen molar-refractivity contribution >= 4 is 51.9 Å². The van der Waals surface area contributed by atoms with E-state index in [9.17, 15) is 4.79 Å². The van der Waals surface area contributed by atoms with Crippen molar-refractivity contribution in [2.75, 3.05) is 17.7 Å². The van der Waals surface area contributed by atoms with Gasteiger partial charge in [0.25, 0.3) is 0 Å². The number of aromatic nitrogens is 6. The minimum absolute atomic E-state index is 0.292. The van der Waals surface area contributed by atoms with Crippen molar-refractivity contribution in [2.24, 2.45) is 0 Å². The molecule has 2 amide bonds. The number of ether oxygens (including phenoxy) is 1. The van der Waals surface area contributed by atoms with E-state index in [0.29, 0.717) is 44.5 Å². The molecule has 1 atom stereocenters. The van der Waals surface area contributed by atoms with E-state index in [1.807, 2.05) is 6.92 Å². The van der Waals surface area contributed by atoms with E-state index in [1.165, 1.54) is 6.20 Å². The minimum atomic E-state index is -0.484. The lowest BCUT2D eigenvalue weighted by atomic mass is 10.2. The Kier molecular flexibility index (Phi) is 4.92. The molecule has 160 valence electrons. The second kappa shape index (κ2) is 7.63. The van der Waals surface area contributed by atoms with Gasteiger partial charge in [0, 0.05) is 19.1 Å². The van der Waals surface area contributed by atoms with Crippen LogP contribution in [0.4, 0.5) is 16.2 Å². The summed E-state index contributed by atoms with van der Waals surface area (Å²) in [5.74, 6) is 1.18. The topological polar surface area (TPSA) is 111 Å². The predicted octanol–water partition coefficient (Wildman–Crippen LogP) is 4.31. The van der Waals surface area contributed by atoms with Gasteiger partial charge >= 0.3 is 6.03 Å². The van der Waals surface area contributed by atoms with Crippen LogP contribution in [-0.2, 0) is 4.74 Å². The molecule has 4 aromatic heterocycles. The first-order valence-electron chi connectivity index (χ1n) is 9.63. The van der Waals surface area contributed by atoms with Gasteiger partial charge in [-0.2, -0.15) is 10.2 Å². The maximum Gasteiger partial charge on any atom is 0.323 e. The van der Waals surface area contributed by atoms with Crippen molar-refractivity contribution < 1.29 is 9.53 Å². The lowest BCUT2D eigenvalue weighted by Crippen LogP contribution is -2.22. The number of anilines is 2. The Bertz CT molecular complexity index is 1310. The van der Waals surface area contributed by atoms with Crippen molar-refractivity contribution in [3.8, 4) is 0 Å². The fourth-order valence-corrected chi connectivity index (χ4v) is 3.77. The second-order valence-corrected chi connectivity index (χ2v) is 8.13. The van der Waals surface area contributed by atoms with Gasteiger partial charge < -0.3 is 15.4 Å². The quantitative estimate of drug-likeness (QED) is 0.458. The first-order valence-corrected chi connectivity index (χ1v) is 10.4. The van der Waals surface area contributed by atoms with Crippen LogP contribution in [0.1, 0.15) is 43.3 Å². The largest absolute Gasteiger partial charge is 0.375 e. The Morgan fingerprint density at radius 1 is 1.26 bits per heavy atom. The van der Waals surface area contributed by atoms with E-state index in [2.05, 4.69) is 30.8 Å². The minimum Gasteiger partial charge on any atom is -0.375 e. The third-order valence-electron chi connectivity index (χ3n) is 5.08. The molecule has 0 unspecified atom stereocenters. The molecule has 1 aliphatic rings. The molecule has 5 rings (SSSR count). The molecule has 1 fully saturated rings. The van der Waals surface area contributed by atoms with Crippen LogP contribution in [0.25, 0.3) is 11.3 Å². The molecule has 10 nitrogen and oxygen atoms in total. The lowest BCUT2D eigenvalue weighted by molar-refractivity contribution is 0.114. The van der Waals surface area contributed by atoms with E-state index >= 15 is 0 Å². The summed E-state index contributed by atoms with van der Waals surface area (Å²) in [4.78, 5) is 21.5. The number of carbonyl (C=O) groups excluding carboxylic acids is 1. The van der Waals surface area contributed by atoms with Crippen molar-refractivity contribution in [3.63, 3.8) is 0 Å². The molecule has 0 spiro atoms. The number of hydrogen-bond acceptors (Lipinski definition) is 6. The van der Waals surface area contributed by atoms with Gasteiger partial charge in [-0.3, -0.25) is 0 Å². The second-order valence-electron chi connectivity index (χ2n) is 7.34. The van der Waals surface area contributed by atoms with E-state index < -0.39 is 6.03 Å². The molecule has 31 heavy (non-hydrogen) atoms. The monoisotopic (exact) mass is 460 g/mol. The summed E-state index contributed by atoms with van der Waals surface area (Å²) >= 11 is 12.4. The van der Waals surface area contributed by atoms with Crippen LogP contribution in [0, 0.1) is 0 Å². The lowest BCUT2D eigenvalue weighted by Gasteiger charge is -2.17. The summed E-state index contributed by atoms with van der Waals surface area (Å²) in [5.41, 5.74) is 2.62. The molecule has 1 saturated carbocycles. The molecule has 0 aliphatic heterocycles. The van der Waals surface area contributed by atoms with E-state index in [-0.39, 0.29) is 6.10 Å². The van der Waals surface area contributed by atoms with Crippen LogP contribution in [0.5, 0.6) is 0 Å². The number of fused-ring (bicyclic) bond motifs is 2. The van der Waals surface area contributed by atoms with Crippen LogP contribution in [0.3, 0.4) is 0 Å². The summed E-state index contributed by atoms with van der Waals surface area (Å²) < 4.78 is 8.58. The number of urea groups is 1. The smallest absolute Gasteiger partial charge is 0.323 e. The first-order chi connectivity index (χ1) is 14.9. The maximum atomic E-state index is 12.7. The number of nitrogens with zero attached hydrogens (tertiary/aromatic N) is 6. The van der Waals surface area contributed by atoms with Gasteiger partial charge in [0.15, 0.2) is 22.3 Å². The summed E-state index contributed by atoms with van der Waals surface area (Å²) in [5, 5.41) is 15.0. The highest BCUT2D eigenvalue weighted by Crippen LogP contribution is 2.38. The number of methoxy groups -OCH3 is 1. The van der Waals surface area contributed by atoms with Crippen LogP contribution in [0.2, 0.25) is 10.2 Å². The van der Waals surface area contributed by atoms with E-state index in [4.69, 9.17) is 27.9 Å². The fourth-order valence-electron chi connectivity index (χ4n) is 3.35. The third-order valence-corrected chi connectivity index (χ3v) is 5.55. The Balaban J connectivity index is 1.42. The average molecular weight is 461 g/mol. The van der Waals surface area contributed by atoms with Crippen LogP contribution in [0.15, 0.2) is 24.5 Å². The predicted molar refractivity (Wildman–Crippen MR) is 116 cm³/mol. The van der Waals surface area contributed by atoms with Gasteiger partial charge in [0.1, 0.15) is 0 Å². The summed E-state index contributed by atoms with van der Waals surface area (Å²) in [7, 11) is 1.57. The molecule has 0 aromatic carbocycles. The van der Waals surface area contributed by atoms with Crippen molar-refractivity contribution in [1.29, 1.82) is 0 Å². The zero-order chi connectivity index (χ0) is 21.7. The zero-order valence-corrected chi connectivity index (χ0v) is 18.1. The number of rotatable bonds is 5. The molecule has 0 radical (unpaired) electrons. The van der Waals surface area contributed by atoms with Crippen molar-refractivity contribution in [1.82, 2.24) is 29.2 Å². The average Bonchev–Trinajstić information content (AvgIpc) is 3.37. The number of halogens is 2. The molecule has 4 heterocycles. The van der Waals surface area contributed by atoms with Crippen molar-refractivity contribution in [3.05, 3.63) is 46.2 Å². The van der Waals surface area contributed by atoms with Crippen molar-refractivity contribution in [2.45, 2.75) is 31.8 Å². The van der Waals surface area contributed by atoms with E-state index in [1.54, 1.807) is 34.5 Å². The molecule has 2 N–H and O–H groups in total. The third kappa shape index (κ3) is 3.78. The Hall–Kier alpha value is -2.95. The molecular weight excluding hydrogens is 443 g/mol. The standard InChI is InChI=1S/C19H18Cl2N8O2/c1-9(31-2)16-13(7-22-15-6-14(21)26-29(15)16)24-19(30)23-11-5-12(20)18-25-17(10-3-4-10)27-28(18)8-11/h5-10H,3-4H2,1-2H3,(H2,23,24,30)/t9-/m0/s1. The number of nitrogens with one attached hydrogen (secondary N) is 2. The van der Waals surface area contributed by atoms with Crippen LogP contribution < -0.4 is 10.6 Å². The first kappa shape index (κ1) is 20.0. The number of amides is 2. The summed E-state index contributed by atoms with van der Waals surface area (Å²) in [6.07, 6.45) is 5.01. The SMILES string of the molecule is CO[C@@H](C)c1c(NC(=O)Nc2cc(Cl)c3nc(C4CC4)nn3c2)cnc2cc(Cl)nn12. The molecule has 0 bridgehead atoms. The summed E-state index contributed by atoms with van der Waals surface area (Å²) in [6, 6.07) is 2.78. The van der Waals surface area contributed by atoms with Gasteiger partial charge in [-0.15, -0.1) is 0 Å². The van der Waals surface area contributed by atoms with E-state index in [0.717, 1.165) is 18.7 Å². The highest BCUT2D eigenvalue weighted by Gasteiger charge is 2.28. The van der Waals surface area contributed by atoms with Gasteiger partial charge in [0.2, 0.25) is 0 Å². The van der Waals surface area contributed by atoms with Gasteiger partial charge in [-0.25, -0.2) is 23.8 Å². The Morgan fingerprint density at radius 2 is 2.06 bits per heavy atom. The van der Waals surface area contributed by atoms with Gasteiger partial charge in [0.05, 0.1) is 40.6 Å². The molecule has 12 heteroatoms. The Labute approximate surface area is 186 Å². The number of hydrogen-bond donors (Lipinski definition) is 2. The highest BCUT2D eigenvalue weighted by molar-refractivity contribution is 6.33. The van der Waals surface area contributed by atoms with Crippen LogP contribution >= 0.6 is 23.2 Å². The Morgan fingerprint density at radius 3 is 2.81 bits per heavy atom. The van der Waals surface area contributed by atoms with Crippen LogP contribution in [-0.4, -0.2) is 42.3 Å². The highest BCUT2D eigenvalue weighted by atomic mass is 35.5. The molecule has 0 saturated heterocycles. The number of pyridine rings is 1. The summed E-state index contributed by atoms with van der Waals surface area (Å²) in [6.45, 7) is 1.84. The van der Waals surface area contributed by atoms with Gasteiger partial charge in [-0.05, 0) is 25.8 Å². The van der Waals surface area contributed by atoms with Gasteiger partial charge in [-0.1, -0.05) is 23.2 Å². The maximum absolute atomic E-state index is 12.7.